The number of nitrogens with zero attached hydrogens (tertiary/aromatic N) is 3. The summed E-state index contributed by atoms with van der Waals surface area (Å²) in [7, 11) is 0. The van der Waals surface area contributed by atoms with E-state index in [1.165, 1.54) is 18.2 Å². The number of anilines is 1. The minimum absolute atomic E-state index is 0.0182. The van der Waals surface area contributed by atoms with Gasteiger partial charge in [0.2, 0.25) is 0 Å². The predicted molar refractivity (Wildman–Crippen MR) is 118 cm³/mol. The first-order valence-electron chi connectivity index (χ1n) is 9.82. The summed E-state index contributed by atoms with van der Waals surface area (Å²) in [6.07, 6.45) is 3.66. The molecule has 0 aliphatic carbocycles. The predicted octanol–water partition coefficient (Wildman–Crippen LogP) is 4.45. The Morgan fingerprint density at radius 1 is 1.03 bits per heavy atom. The molecule has 7 nitrogen and oxygen atoms in total. The Bertz CT molecular complexity index is 1430. The van der Waals surface area contributed by atoms with Crippen LogP contribution in [0.1, 0.15) is 42.3 Å². The van der Waals surface area contributed by atoms with Gasteiger partial charge in [0.05, 0.1) is 33.1 Å². The zero-order chi connectivity index (χ0) is 22.4. The number of aryl methyl sites for hydroxylation is 1. The van der Waals surface area contributed by atoms with Crippen LogP contribution < -0.4 is 4.90 Å². The Kier molecular flexibility index (Phi) is 4.75. The van der Waals surface area contributed by atoms with Crippen LogP contribution in [0.2, 0.25) is 5.02 Å². The third kappa shape index (κ3) is 3.23. The number of ether oxygens (including phenoxy) is 1. The number of pyridine rings is 1. The van der Waals surface area contributed by atoms with Crippen molar-refractivity contribution in [1.29, 1.82) is 0 Å². The molecule has 3 heterocycles. The van der Waals surface area contributed by atoms with Crippen LogP contribution in [-0.2, 0) is 11.3 Å². The molecule has 1 aliphatic rings. The Hall–Kier alpha value is -3.97. The van der Waals surface area contributed by atoms with Crippen molar-refractivity contribution in [3.8, 4) is 0 Å². The topological polar surface area (TPSA) is 81.0 Å². The SMILES string of the molecule is Cc1cccn2cc(COC(=O)c3ccc4c(c3)C(=O)N(c3ccccc3Cl)C4=O)nc12. The van der Waals surface area contributed by atoms with Crippen molar-refractivity contribution in [3.63, 3.8) is 0 Å². The van der Waals surface area contributed by atoms with Crippen LogP contribution in [0, 0.1) is 6.92 Å². The highest BCUT2D eigenvalue weighted by molar-refractivity contribution is 6.39. The summed E-state index contributed by atoms with van der Waals surface area (Å²) < 4.78 is 7.25. The first-order chi connectivity index (χ1) is 15.4. The zero-order valence-corrected chi connectivity index (χ0v) is 17.7. The standard InChI is InChI=1S/C24H16ClN3O4/c1-14-5-4-10-27-12-16(26-21(14)27)13-32-24(31)15-8-9-17-18(11-15)23(30)28(22(17)29)20-7-3-2-6-19(20)25/h2-12H,13H2,1H3. The molecule has 8 heteroatoms. The molecule has 0 unspecified atom stereocenters. The van der Waals surface area contributed by atoms with E-state index < -0.39 is 17.8 Å². The Balaban J connectivity index is 1.37. The number of fused-ring (bicyclic) bond motifs is 2. The van der Waals surface area contributed by atoms with E-state index in [1.807, 2.05) is 29.7 Å². The molecule has 0 spiro atoms. The fourth-order valence-electron chi connectivity index (χ4n) is 3.72. The number of aromatic nitrogens is 2. The molecule has 0 N–H and O–H groups in total. The number of imidazole rings is 1. The number of para-hydroxylation sites is 1. The van der Waals surface area contributed by atoms with Gasteiger partial charge in [0.15, 0.2) is 0 Å². The summed E-state index contributed by atoms with van der Waals surface area (Å²) in [6.45, 7) is 1.93. The summed E-state index contributed by atoms with van der Waals surface area (Å²) in [5.41, 5.74) is 3.22. The van der Waals surface area contributed by atoms with Crippen LogP contribution in [-0.4, -0.2) is 27.2 Å². The molecule has 5 rings (SSSR count). The third-order valence-corrected chi connectivity index (χ3v) is 5.61. The fraction of sp³-hybridized carbons (Fsp3) is 0.0833. The number of rotatable bonds is 4. The number of carbonyl (C=O) groups excluding carboxylic acids is 3. The van der Waals surface area contributed by atoms with Gasteiger partial charge in [-0.05, 0) is 48.9 Å². The molecule has 2 aromatic carbocycles. The van der Waals surface area contributed by atoms with Gasteiger partial charge in [0.25, 0.3) is 11.8 Å². The van der Waals surface area contributed by atoms with E-state index in [2.05, 4.69) is 4.98 Å². The van der Waals surface area contributed by atoms with E-state index in [0.29, 0.717) is 11.4 Å². The maximum atomic E-state index is 12.9. The molecule has 32 heavy (non-hydrogen) atoms. The molecule has 0 radical (unpaired) electrons. The van der Waals surface area contributed by atoms with Crippen LogP contribution in [0.3, 0.4) is 0 Å². The van der Waals surface area contributed by atoms with E-state index in [9.17, 15) is 14.4 Å². The van der Waals surface area contributed by atoms with Gasteiger partial charge in [0, 0.05) is 12.4 Å². The van der Waals surface area contributed by atoms with Crippen LogP contribution in [0.4, 0.5) is 5.69 Å². The normalized spacial score (nSPS) is 13.0. The monoisotopic (exact) mass is 445 g/mol. The maximum absolute atomic E-state index is 12.9. The second kappa shape index (κ2) is 7.62. The minimum atomic E-state index is -0.613. The average molecular weight is 446 g/mol. The highest BCUT2D eigenvalue weighted by Crippen LogP contribution is 2.33. The molecule has 0 atom stereocenters. The smallest absolute Gasteiger partial charge is 0.338 e. The lowest BCUT2D eigenvalue weighted by atomic mass is 10.1. The summed E-state index contributed by atoms with van der Waals surface area (Å²) >= 11 is 6.17. The second-order valence-corrected chi connectivity index (χ2v) is 7.80. The largest absolute Gasteiger partial charge is 0.456 e. The van der Waals surface area contributed by atoms with Gasteiger partial charge in [-0.3, -0.25) is 9.59 Å². The zero-order valence-electron chi connectivity index (χ0n) is 16.9. The number of halogens is 1. The molecule has 0 fully saturated rings. The van der Waals surface area contributed by atoms with Crippen molar-refractivity contribution in [2.24, 2.45) is 0 Å². The van der Waals surface area contributed by atoms with Crippen molar-refractivity contribution in [1.82, 2.24) is 9.38 Å². The molecule has 158 valence electrons. The van der Waals surface area contributed by atoms with Gasteiger partial charge in [-0.25, -0.2) is 14.7 Å². The van der Waals surface area contributed by atoms with Crippen molar-refractivity contribution < 1.29 is 19.1 Å². The fourth-order valence-corrected chi connectivity index (χ4v) is 3.94. The van der Waals surface area contributed by atoms with Crippen molar-refractivity contribution in [2.75, 3.05) is 4.90 Å². The van der Waals surface area contributed by atoms with Crippen molar-refractivity contribution in [2.45, 2.75) is 13.5 Å². The number of imide groups is 1. The molecular formula is C24H16ClN3O4. The molecule has 0 bridgehead atoms. The van der Waals surface area contributed by atoms with Crippen LogP contribution in [0.5, 0.6) is 0 Å². The number of hydrogen-bond donors (Lipinski definition) is 0. The van der Waals surface area contributed by atoms with Gasteiger partial charge in [-0.2, -0.15) is 0 Å². The van der Waals surface area contributed by atoms with Gasteiger partial charge < -0.3 is 9.14 Å². The van der Waals surface area contributed by atoms with Gasteiger partial charge in [-0.1, -0.05) is 29.8 Å². The second-order valence-electron chi connectivity index (χ2n) is 7.39. The Labute approximate surface area is 187 Å². The lowest BCUT2D eigenvalue weighted by molar-refractivity contribution is 0.0468. The molecule has 0 saturated heterocycles. The summed E-state index contributed by atoms with van der Waals surface area (Å²) in [6, 6.07) is 14.8. The summed E-state index contributed by atoms with van der Waals surface area (Å²) in [4.78, 5) is 43.8. The van der Waals surface area contributed by atoms with Crippen LogP contribution >= 0.6 is 11.6 Å². The summed E-state index contributed by atoms with van der Waals surface area (Å²) in [5.74, 6) is -1.64. The van der Waals surface area contributed by atoms with E-state index in [0.717, 1.165) is 16.1 Å². The number of benzene rings is 2. The summed E-state index contributed by atoms with van der Waals surface area (Å²) in [5, 5.41) is 0.282. The van der Waals surface area contributed by atoms with Crippen molar-refractivity contribution >= 4 is 40.7 Å². The Morgan fingerprint density at radius 3 is 2.59 bits per heavy atom. The average Bonchev–Trinajstić information content (AvgIpc) is 3.32. The molecule has 2 amide bonds. The van der Waals surface area contributed by atoms with Gasteiger partial charge in [-0.15, -0.1) is 0 Å². The highest BCUT2D eigenvalue weighted by Gasteiger charge is 2.38. The maximum Gasteiger partial charge on any atom is 0.338 e. The van der Waals surface area contributed by atoms with Crippen molar-refractivity contribution in [3.05, 3.63) is 100.0 Å². The highest BCUT2D eigenvalue weighted by atomic mass is 35.5. The molecular weight excluding hydrogens is 430 g/mol. The van der Waals surface area contributed by atoms with E-state index in [-0.39, 0.29) is 28.3 Å². The first kappa shape index (κ1) is 20.0. The molecule has 4 aromatic rings. The quantitative estimate of drug-likeness (QED) is 0.342. The number of amides is 2. The van der Waals surface area contributed by atoms with Crippen LogP contribution in [0.15, 0.2) is 67.0 Å². The first-order valence-corrected chi connectivity index (χ1v) is 10.2. The third-order valence-electron chi connectivity index (χ3n) is 5.29. The molecule has 0 saturated carbocycles. The minimum Gasteiger partial charge on any atom is -0.456 e. The number of esters is 1. The van der Waals surface area contributed by atoms with Crippen LogP contribution in [0.25, 0.3) is 5.65 Å². The lowest BCUT2D eigenvalue weighted by Gasteiger charge is -2.15. The number of hydrogen-bond acceptors (Lipinski definition) is 5. The number of carbonyl (C=O) groups is 3. The van der Waals surface area contributed by atoms with E-state index >= 15 is 0 Å². The Morgan fingerprint density at radius 2 is 1.81 bits per heavy atom. The van der Waals surface area contributed by atoms with E-state index in [1.54, 1.807) is 30.5 Å². The molecule has 1 aliphatic heterocycles. The molecule has 2 aromatic heterocycles. The van der Waals surface area contributed by atoms with Gasteiger partial charge in [0.1, 0.15) is 12.3 Å². The van der Waals surface area contributed by atoms with Gasteiger partial charge >= 0.3 is 5.97 Å². The van der Waals surface area contributed by atoms with E-state index in [4.69, 9.17) is 16.3 Å². The lowest BCUT2D eigenvalue weighted by Crippen LogP contribution is -2.29.